The molecule has 0 fully saturated rings. The number of H-pyrrole nitrogens is 1. The summed E-state index contributed by atoms with van der Waals surface area (Å²) in [6.45, 7) is 0. The Balaban J connectivity index is 2.39. The molecule has 0 atom stereocenters. The van der Waals surface area contributed by atoms with Crippen LogP contribution in [0.4, 0.5) is 0 Å². The Hall–Kier alpha value is -1.52. The van der Waals surface area contributed by atoms with E-state index >= 15 is 0 Å². The van der Waals surface area contributed by atoms with E-state index in [0.717, 1.165) is 0 Å². The average molecular weight is 387 g/mol. The highest BCUT2D eigenvalue weighted by molar-refractivity contribution is 6.44. The summed E-state index contributed by atoms with van der Waals surface area (Å²) < 4.78 is 0. The predicted molar refractivity (Wildman–Crippen MR) is 94.2 cm³/mol. The lowest BCUT2D eigenvalue weighted by Crippen LogP contribution is -2.02. The van der Waals surface area contributed by atoms with Gasteiger partial charge in [-0.05, 0) is 29.8 Å². The van der Waals surface area contributed by atoms with Crippen molar-refractivity contribution in [3.05, 3.63) is 56.1 Å². The van der Waals surface area contributed by atoms with Crippen molar-refractivity contribution < 1.29 is 9.59 Å². The number of rotatable bonds is 3. The van der Waals surface area contributed by atoms with E-state index in [9.17, 15) is 9.59 Å². The summed E-state index contributed by atoms with van der Waals surface area (Å²) >= 11 is 24.1. The van der Waals surface area contributed by atoms with Gasteiger partial charge in [0.2, 0.25) is 5.78 Å². The lowest BCUT2D eigenvalue weighted by atomic mass is 10.0. The van der Waals surface area contributed by atoms with E-state index in [-0.39, 0.29) is 12.0 Å². The van der Waals surface area contributed by atoms with Gasteiger partial charge in [0.25, 0.3) is 0 Å². The molecule has 7 heteroatoms. The van der Waals surface area contributed by atoms with Gasteiger partial charge in [-0.1, -0.05) is 52.5 Å². The van der Waals surface area contributed by atoms with Crippen LogP contribution >= 0.6 is 46.4 Å². The van der Waals surface area contributed by atoms with Crippen LogP contribution in [0.1, 0.15) is 10.5 Å². The molecule has 0 saturated heterocycles. The molecule has 0 saturated carbocycles. The third-order valence-electron chi connectivity index (χ3n) is 3.40. The highest BCUT2D eigenvalue weighted by Crippen LogP contribution is 2.38. The van der Waals surface area contributed by atoms with E-state index in [1.54, 1.807) is 30.3 Å². The minimum absolute atomic E-state index is 0.145. The van der Waals surface area contributed by atoms with Crippen molar-refractivity contribution in [2.24, 2.45) is 0 Å². The first kappa shape index (κ1) is 16.3. The number of aldehydes is 1. The fraction of sp³-hybridized carbons (Fsp3) is 0. The van der Waals surface area contributed by atoms with Gasteiger partial charge in [0.05, 0.1) is 25.8 Å². The average Bonchev–Trinajstić information content (AvgIpc) is 2.88. The number of halogens is 4. The predicted octanol–water partition coefficient (Wildman–Crippen LogP) is 5.83. The fourth-order valence-corrected chi connectivity index (χ4v) is 3.01. The number of hydrogen-bond donors (Lipinski definition) is 1. The van der Waals surface area contributed by atoms with Crippen LogP contribution in [0.5, 0.6) is 0 Å². The normalized spacial score (nSPS) is 11.0. The van der Waals surface area contributed by atoms with Crippen molar-refractivity contribution in [3.63, 3.8) is 0 Å². The minimum Gasteiger partial charge on any atom is -0.351 e. The van der Waals surface area contributed by atoms with Crippen molar-refractivity contribution in [2.45, 2.75) is 0 Å². The molecule has 0 amide bonds. The van der Waals surface area contributed by atoms with Crippen LogP contribution < -0.4 is 0 Å². The topological polar surface area (TPSA) is 49.9 Å². The highest BCUT2D eigenvalue weighted by Gasteiger charge is 2.20. The van der Waals surface area contributed by atoms with Crippen LogP contribution in [-0.2, 0) is 4.79 Å². The smallest absolute Gasteiger partial charge is 0.242 e. The first-order chi connectivity index (χ1) is 10.9. The maximum Gasteiger partial charge on any atom is 0.242 e. The first-order valence-corrected chi connectivity index (χ1v) is 7.89. The van der Waals surface area contributed by atoms with Crippen molar-refractivity contribution in [1.82, 2.24) is 4.98 Å². The SMILES string of the molecule is O=CC(=O)c1[nH]c2cc(Cl)c(Cl)cc2c1-c1ccc(Cl)c(Cl)c1. The largest absolute Gasteiger partial charge is 0.351 e. The summed E-state index contributed by atoms with van der Waals surface area (Å²) in [5, 5.41) is 2.06. The lowest BCUT2D eigenvalue weighted by Gasteiger charge is -2.05. The van der Waals surface area contributed by atoms with Gasteiger partial charge in [-0.15, -0.1) is 0 Å². The van der Waals surface area contributed by atoms with Gasteiger partial charge in [0.1, 0.15) is 0 Å². The number of aromatic nitrogens is 1. The van der Waals surface area contributed by atoms with Crippen LogP contribution in [0.2, 0.25) is 20.1 Å². The van der Waals surface area contributed by atoms with E-state index in [1.807, 2.05) is 0 Å². The van der Waals surface area contributed by atoms with Gasteiger partial charge in [-0.25, -0.2) is 0 Å². The molecule has 3 aromatic rings. The third-order valence-corrected chi connectivity index (χ3v) is 4.86. The zero-order chi connectivity index (χ0) is 16.7. The number of Topliss-reactive ketones (excluding diaryl/α,β-unsaturated/α-hetero) is 1. The summed E-state index contributed by atoms with van der Waals surface area (Å²) in [5.41, 5.74) is 1.89. The molecule has 2 aromatic carbocycles. The standard InChI is InChI=1S/C16H7Cl4NO2/c17-9-2-1-7(3-10(9)18)15-8-4-11(19)12(20)5-13(8)21-16(15)14(23)6-22/h1-6,21H. The van der Waals surface area contributed by atoms with Gasteiger partial charge in [-0.2, -0.15) is 0 Å². The molecule has 0 spiro atoms. The number of hydrogen-bond acceptors (Lipinski definition) is 2. The summed E-state index contributed by atoms with van der Waals surface area (Å²) in [5.74, 6) is -0.686. The van der Waals surface area contributed by atoms with E-state index in [1.165, 1.54) is 0 Å². The van der Waals surface area contributed by atoms with Crippen molar-refractivity contribution in [2.75, 3.05) is 0 Å². The molecule has 0 bridgehead atoms. The first-order valence-electron chi connectivity index (χ1n) is 6.38. The summed E-state index contributed by atoms with van der Waals surface area (Å²) in [4.78, 5) is 25.8. The Morgan fingerprint density at radius 1 is 0.913 bits per heavy atom. The zero-order valence-electron chi connectivity index (χ0n) is 11.3. The second kappa shape index (κ2) is 6.17. The molecule has 3 rings (SSSR count). The molecule has 23 heavy (non-hydrogen) atoms. The maximum absolute atomic E-state index is 12.0. The zero-order valence-corrected chi connectivity index (χ0v) is 14.3. The molecular formula is C16H7Cl4NO2. The van der Waals surface area contributed by atoms with Crippen LogP contribution in [0.15, 0.2) is 30.3 Å². The van der Waals surface area contributed by atoms with Crippen LogP contribution in [-0.4, -0.2) is 17.1 Å². The Labute approximate surface area is 151 Å². The number of nitrogens with one attached hydrogen (secondary N) is 1. The molecule has 0 aliphatic rings. The molecule has 0 unspecified atom stereocenters. The summed E-state index contributed by atoms with van der Waals surface area (Å²) in [6, 6.07) is 8.18. The molecule has 0 aliphatic carbocycles. The maximum atomic E-state index is 12.0. The Kier molecular flexibility index (Phi) is 4.39. The van der Waals surface area contributed by atoms with Crippen LogP contribution in [0, 0.1) is 0 Å². The minimum atomic E-state index is -0.686. The Morgan fingerprint density at radius 3 is 2.22 bits per heavy atom. The number of carbonyl (C=O) groups excluding carboxylic acids is 2. The van der Waals surface area contributed by atoms with E-state index in [4.69, 9.17) is 46.4 Å². The second-order valence-corrected chi connectivity index (χ2v) is 6.43. The van der Waals surface area contributed by atoms with E-state index < -0.39 is 5.78 Å². The number of aromatic amines is 1. The molecule has 116 valence electrons. The molecular weight excluding hydrogens is 380 g/mol. The lowest BCUT2D eigenvalue weighted by molar-refractivity contribution is -0.104. The van der Waals surface area contributed by atoms with Gasteiger partial charge < -0.3 is 4.98 Å². The molecule has 1 aromatic heterocycles. The van der Waals surface area contributed by atoms with Gasteiger partial charge in [-0.3, -0.25) is 9.59 Å². The fourth-order valence-electron chi connectivity index (χ4n) is 2.38. The Morgan fingerprint density at radius 2 is 1.57 bits per heavy atom. The van der Waals surface area contributed by atoms with Gasteiger partial charge in [0.15, 0.2) is 6.29 Å². The van der Waals surface area contributed by atoms with Crippen LogP contribution in [0.25, 0.3) is 22.0 Å². The van der Waals surface area contributed by atoms with Crippen LogP contribution in [0.3, 0.4) is 0 Å². The van der Waals surface area contributed by atoms with Gasteiger partial charge >= 0.3 is 0 Å². The molecule has 3 nitrogen and oxygen atoms in total. The quantitative estimate of drug-likeness (QED) is 0.349. The number of carbonyl (C=O) groups is 2. The summed E-state index contributed by atoms with van der Waals surface area (Å²) in [6.07, 6.45) is 0.245. The third kappa shape index (κ3) is 2.86. The van der Waals surface area contributed by atoms with Crippen molar-refractivity contribution in [3.8, 4) is 11.1 Å². The monoisotopic (exact) mass is 385 g/mol. The number of benzene rings is 2. The van der Waals surface area contributed by atoms with Crippen molar-refractivity contribution >= 4 is 69.4 Å². The molecule has 0 radical (unpaired) electrons. The molecule has 0 aliphatic heterocycles. The molecule has 1 heterocycles. The van der Waals surface area contributed by atoms with Crippen molar-refractivity contribution in [1.29, 1.82) is 0 Å². The van der Waals surface area contributed by atoms with E-state index in [0.29, 0.717) is 42.1 Å². The second-order valence-electron chi connectivity index (χ2n) is 4.80. The Bertz CT molecular complexity index is 962. The van der Waals surface area contributed by atoms with Gasteiger partial charge in [0, 0.05) is 16.5 Å². The highest BCUT2D eigenvalue weighted by atomic mass is 35.5. The number of fused-ring (bicyclic) bond motifs is 1. The summed E-state index contributed by atoms with van der Waals surface area (Å²) in [7, 11) is 0. The number of ketones is 1. The van der Waals surface area contributed by atoms with E-state index in [2.05, 4.69) is 4.98 Å². The molecule has 1 N–H and O–H groups in total.